The van der Waals surface area contributed by atoms with Gasteiger partial charge in [0.05, 0.1) is 6.10 Å². The van der Waals surface area contributed by atoms with E-state index in [4.69, 9.17) is 4.89 Å². The third kappa shape index (κ3) is 1.86. The van der Waals surface area contributed by atoms with Gasteiger partial charge in [-0.15, -0.1) is 0 Å². The number of ketones is 1. The molecule has 0 bridgehead atoms. The molecule has 4 nitrogen and oxygen atoms in total. The van der Waals surface area contributed by atoms with E-state index < -0.39 is 11.7 Å². The minimum Gasteiger partial charge on any atom is -0.393 e. The van der Waals surface area contributed by atoms with Gasteiger partial charge in [0, 0.05) is 23.7 Å². The van der Waals surface area contributed by atoms with Crippen molar-refractivity contribution in [1.29, 1.82) is 0 Å². The Bertz CT molecular complexity index is 558. The van der Waals surface area contributed by atoms with Crippen LogP contribution in [0.15, 0.2) is 12.2 Å². The molecule has 0 heterocycles. The normalized spacial score (nSPS) is 55.2. The van der Waals surface area contributed by atoms with E-state index in [2.05, 4.69) is 19.9 Å². The van der Waals surface area contributed by atoms with Crippen molar-refractivity contribution in [3.63, 3.8) is 0 Å². The van der Waals surface area contributed by atoms with Gasteiger partial charge in [-0.05, 0) is 49.9 Å². The van der Waals surface area contributed by atoms with Crippen molar-refractivity contribution in [3.8, 4) is 0 Å². The van der Waals surface area contributed by atoms with Crippen molar-refractivity contribution in [2.45, 2.75) is 70.5 Å². The van der Waals surface area contributed by atoms with Gasteiger partial charge in [0.2, 0.25) is 0 Å². The minimum atomic E-state index is -0.776. The summed E-state index contributed by atoms with van der Waals surface area (Å²) in [7, 11) is 0. The lowest BCUT2D eigenvalue weighted by molar-refractivity contribution is -0.360. The second-order valence-electron chi connectivity index (χ2n) is 8.86. The maximum atomic E-state index is 12.4. The summed E-state index contributed by atoms with van der Waals surface area (Å²) in [5, 5.41) is 19.8. The molecule has 0 aromatic rings. The van der Waals surface area contributed by atoms with Crippen molar-refractivity contribution in [1.82, 2.24) is 0 Å². The lowest BCUT2D eigenvalue weighted by atomic mass is 9.46. The number of hydrogen-bond acceptors (Lipinski definition) is 4. The topological polar surface area (TPSA) is 66.8 Å². The fourth-order valence-corrected chi connectivity index (χ4v) is 6.54. The second kappa shape index (κ2) is 4.90. The number of rotatable bonds is 1. The van der Waals surface area contributed by atoms with Crippen LogP contribution in [0.1, 0.15) is 58.8 Å². The van der Waals surface area contributed by atoms with Gasteiger partial charge in [-0.1, -0.05) is 26.0 Å². The van der Waals surface area contributed by atoms with Gasteiger partial charge in [0.1, 0.15) is 11.4 Å². The number of allylic oxidation sites excluding steroid dienone is 1. The summed E-state index contributed by atoms with van der Waals surface area (Å²) in [5.74, 6) is 1.67. The molecule has 0 aromatic carbocycles. The summed E-state index contributed by atoms with van der Waals surface area (Å²) in [5.41, 5.74) is -1.11. The lowest BCUT2D eigenvalue weighted by Crippen LogP contribution is -2.61. The summed E-state index contributed by atoms with van der Waals surface area (Å²) in [6, 6.07) is 0. The molecule has 4 aliphatic carbocycles. The number of Topliss-reactive ketones (excluding diaryl/α,β-unsaturated/α-hetero) is 1. The van der Waals surface area contributed by atoms with Gasteiger partial charge >= 0.3 is 0 Å². The molecule has 2 N–H and O–H groups in total. The van der Waals surface area contributed by atoms with Crippen molar-refractivity contribution < 1.29 is 20.0 Å². The molecule has 4 heteroatoms. The smallest absolute Gasteiger partial charge is 0.139 e. The van der Waals surface area contributed by atoms with Crippen molar-refractivity contribution in [2.75, 3.05) is 0 Å². The van der Waals surface area contributed by atoms with Crippen LogP contribution in [0.4, 0.5) is 0 Å². The monoisotopic (exact) mass is 320 g/mol. The zero-order valence-corrected chi connectivity index (χ0v) is 14.1. The maximum Gasteiger partial charge on any atom is 0.139 e. The van der Waals surface area contributed by atoms with Crippen molar-refractivity contribution in [2.24, 2.45) is 28.6 Å². The average Bonchev–Trinajstić information content (AvgIpc) is 2.84. The molecule has 0 unspecified atom stereocenters. The standard InChI is InChI=1S/C19H28O4/c1-17-8-7-15-13(14(17)3-4-16(17)21)6-10-19(23-22)11-12(20)5-9-18(15,19)2/h6,10,12-15,20,22H,3-5,7-9,11H2,1-2H3/t12-,13-,14-,15-,17-,18+,19+/m0/s1. The van der Waals surface area contributed by atoms with Crippen LogP contribution in [-0.2, 0) is 9.68 Å². The van der Waals surface area contributed by atoms with Crippen molar-refractivity contribution >= 4 is 5.78 Å². The molecule has 23 heavy (non-hydrogen) atoms. The lowest BCUT2D eigenvalue weighted by Gasteiger charge is -2.61. The minimum absolute atomic E-state index is 0.157. The SMILES string of the molecule is C[C@]12CC[C@H]3[C@@H](C=C[C@@]4(OO)C[C@@H](O)CC[C@]34C)[C@@H]1CCC2=O. The van der Waals surface area contributed by atoms with Crippen molar-refractivity contribution in [3.05, 3.63) is 12.2 Å². The van der Waals surface area contributed by atoms with Gasteiger partial charge in [0.25, 0.3) is 0 Å². The van der Waals surface area contributed by atoms with E-state index in [1.165, 1.54) is 0 Å². The van der Waals surface area contributed by atoms with E-state index in [-0.39, 0.29) is 10.8 Å². The molecule has 0 radical (unpaired) electrons. The number of aliphatic hydroxyl groups excluding tert-OH is 1. The molecular weight excluding hydrogens is 292 g/mol. The number of carbonyl (C=O) groups is 1. The van der Waals surface area contributed by atoms with Crippen LogP contribution in [-0.4, -0.2) is 27.9 Å². The summed E-state index contributed by atoms with van der Waals surface area (Å²) < 4.78 is 0. The second-order valence-corrected chi connectivity index (χ2v) is 8.86. The molecule has 0 amide bonds. The first-order chi connectivity index (χ1) is 10.9. The molecule has 128 valence electrons. The Kier molecular flexibility index (Phi) is 3.37. The Hall–Kier alpha value is -0.710. The number of aliphatic hydroxyl groups is 1. The average molecular weight is 320 g/mol. The molecule has 0 spiro atoms. The Labute approximate surface area is 137 Å². The first-order valence-electron chi connectivity index (χ1n) is 9.10. The zero-order chi connectivity index (χ0) is 16.5. The number of carbonyl (C=O) groups excluding carboxylic acids is 1. The summed E-state index contributed by atoms with van der Waals surface area (Å²) >= 11 is 0. The Morgan fingerprint density at radius 1 is 1.17 bits per heavy atom. The third-order valence-corrected chi connectivity index (χ3v) is 8.11. The Balaban J connectivity index is 1.76. The Morgan fingerprint density at radius 2 is 1.96 bits per heavy atom. The van der Waals surface area contributed by atoms with Gasteiger partial charge in [0.15, 0.2) is 0 Å². The highest BCUT2D eigenvalue weighted by Gasteiger charge is 2.64. The van der Waals surface area contributed by atoms with E-state index in [9.17, 15) is 15.2 Å². The fourth-order valence-electron chi connectivity index (χ4n) is 6.54. The highest BCUT2D eigenvalue weighted by atomic mass is 17.1. The van der Waals surface area contributed by atoms with Gasteiger partial charge in [-0.2, -0.15) is 0 Å². The van der Waals surface area contributed by atoms with E-state index in [0.29, 0.717) is 30.0 Å². The first kappa shape index (κ1) is 15.8. The van der Waals surface area contributed by atoms with Crippen LogP contribution in [0.3, 0.4) is 0 Å². The first-order valence-corrected chi connectivity index (χ1v) is 9.10. The summed E-state index contributed by atoms with van der Waals surface area (Å²) in [6.45, 7) is 4.38. The van der Waals surface area contributed by atoms with Gasteiger partial charge in [-0.25, -0.2) is 4.89 Å². The molecule has 4 aliphatic rings. The van der Waals surface area contributed by atoms with Crippen LogP contribution in [0.2, 0.25) is 0 Å². The molecular formula is C19H28O4. The molecule has 0 saturated heterocycles. The summed E-state index contributed by atoms with van der Waals surface area (Å²) in [6.07, 6.45) is 9.53. The van der Waals surface area contributed by atoms with Gasteiger partial charge in [-0.3, -0.25) is 10.1 Å². The molecule has 0 aromatic heterocycles. The quantitative estimate of drug-likeness (QED) is 0.442. The van der Waals surface area contributed by atoms with Crippen LogP contribution >= 0.6 is 0 Å². The highest BCUT2D eigenvalue weighted by molar-refractivity contribution is 5.87. The third-order valence-electron chi connectivity index (χ3n) is 8.11. The molecule has 4 rings (SSSR count). The number of hydrogen-bond donors (Lipinski definition) is 2. The van der Waals surface area contributed by atoms with Gasteiger partial charge < -0.3 is 5.11 Å². The van der Waals surface area contributed by atoms with E-state index in [0.717, 1.165) is 38.5 Å². The molecule has 7 atom stereocenters. The van der Waals surface area contributed by atoms with Crippen LogP contribution in [0.5, 0.6) is 0 Å². The summed E-state index contributed by atoms with van der Waals surface area (Å²) in [4.78, 5) is 17.5. The van der Waals surface area contributed by atoms with E-state index in [1.807, 2.05) is 6.08 Å². The van der Waals surface area contributed by atoms with E-state index >= 15 is 0 Å². The highest BCUT2D eigenvalue weighted by Crippen LogP contribution is 2.65. The molecule has 0 aliphatic heterocycles. The van der Waals surface area contributed by atoms with E-state index in [1.54, 1.807) is 0 Å². The largest absolute Gasteiger partial charge is 0.393 e. The maximum absolute atomic E-state index is 12.4. The number of fused-ring (bicyclic) bond motifs is 5. The van der Waals surface area contributed by atoms with Crippen LogP contribution in [0, 0.1) is 28.6 Å². The predicted octanol–water partition coefficient (Wildman–Crippen LogP) is 3.35. The fraction of sp³-hybridized carbons (Fsp3) is 0.842. The van der Waals surface area contributed by atoms with Crippen LogP contribution < -0.4 is 0 Å². The Morgan fingerprint density at radius 3 is 2.70 bits per heavy atom. The predicted molar refractivity (Wildman–Crippen MR) is 85.6 cm³/mol. The zero-order valence-electron chi connectivity index (χ0n) is 14.1. The molecule has 3 fully saturated rings. The van der Waals surface area contributed by atoms with Crippen LogP contribution in [0.25, 0.3) is 0 Å². The molecule has 3 saturated carbocycles.